The highest BCUT2D eigenvalue weighted by Crippen LogP contribution is 2.65. The highest BCUT2D eigenvalue weighted by molar-refractivity contribution is 9.12. The molecular weight excluding hydrogens is 308 g/mol. The molecular formula is C11H16Br2O. The van der Waals surface area contributed by atoms with Crippen LogP contribution >= 0.6 is 31.9 Å². The fourth-order valence-electron chi connectivity index (χ4n) is 3.45. The molecule has 2 saturated carbocycles. The summed E-state index contributed by atoms with van der Waals surface area (Å²) in [4.78, 5) is 1.22. The third-order valence-corrected chi connectivity index (χ3v) is 6.92. The van der Waals surface area contributed by atoms with Gasteiger partial charge in [0.2, 0.25) is 0 Å². The lowest BCUT2D eigenvalue weighted by atomic mass is 9.76. The van der Waals surface area contributed by atoms with E-state index < -0.39 is 0 Å². The molecule has 3 fully saturated rings. The first-order valence-corrected chi connectivity index (χ1v) is 7.49. The molecule has 1 saturated heterocycles. The van der Waals surface area contributed by atoms with Crippen molar-refractivity contribution in [2.24, 2.45) is 0 Å². The number of alkyl halides is 2. The first kappa shape index (κ1) is 10.1. The average molecular weight is 324 g/mol. The largest absolute Gasteiger partial charge is 0.362 e. The van der Waals surface area contributed by atoms with Crippen LogP contribution in [0.25, 0.3) is 0 Å². The summed E-state index contributed by atoms with van der Waals surface area (Å²) in [6.45, 7) is 0. The van der Waals surface area contributed by atoms with E-state index in [1.807, 2.05) is 0 Å². The number of hydrogen-bond acceptors (Lipinski definition) is 1. The maximum Gasteiger partial charge on any atom is 0.0991 e. The molecule has 1 aliphatic heterocycles. The quantitative estimate of drug-likeness (QED) is 0.488. The van der Waals surface area contributed by atoms with Crippen LogP contribution in [0.15, 0.2) is 0 Å². The Kier molecular flexibility index (Phi) is 2.31. The number of epoxide rings is 1. The first-order valence-electron chi connectivity index (χ1n) is 5.66. The molecule has 3 aliphatic rings. The van der Waals surface area contributed by atoms with Crippen LogP contribution in [0, 0.1) is 0 Å². The molecule has 2 aliphatic carbocycles. The van der Waals surface area contributed by atoms with Gasteiger partial charge in [0, 0.05) is 9.65 Å². The van der Waals surface area contributed by atoms with Crippen LogP contribution in [0.2, 0.25) is 0 Å². The van der Waals surface area contributed by atoms with Crippen molar-refractivity contribution in [3.05, 3.63) is 0 Å². The summed E-state index contributed by atoms with van der Waals surface area (Å²) >= 11 is 7.55. The molecule has 4 atom stereocenters. The van der Waals surface area contributed by atoms with Crippen LogP contribution in [-0.4, -0.2) is 20.9 Å². The van der Waals surface area contributed by atoms with Crippen molar-refractivity contribution < 1.29 is 4.74 Å². The van der Waals surface area contributed by atoms with Gasteiger partial charge in [0.1, 0.15) is 0 Å². The summed E-state index contributed by atoms with van der Waals surface area (Å²) in [6.07, 6.45) is 9.17. The van der Waals surface area contributed by atoms with Crippen molar-refractivity contribution in [3.63, 3.8) is 0 Å². The van der Waals surface area contributed by atoms with E-state index in [9.17, 15) is 0 Å². The molecule has 1 heterocycles. The second-order valence-electron chi connectivity index (χ2n) is 5.09. The van der Waals surface area contributed by atoms with Crippen LogP contribution < -0.4 is 0 Å². The van der Waals surface area contributed by atoms with Crippen LogP contribution in [0.3, 0.4) is 0 Å². The Bertz CT molecular complexity index is 234. The zero-order valence-corrected chi connectivity index (χ0v) is 11.4. The molecule has 0 amide bonds. The Balaban J connectivity index is 1.85. The van der Waals surface area contributed by atoms with Crippen LogP contribution in [0.4, 0.5) is 0 Å². The van der Waals surface area contributed by atoms with E-state index in [-0.39, 0.29) is 11.2 Å². The first-order chi connectivity index (χ1) is 6.68. The maximum absolute atomic E-state index is 6.17. The molecule has 0 aromatic rings. The van der Waals surface area contributed by atoms with Gasteiger partial charge >= 0.3 is 0 Å². The molecule has 0 N–H and O–H groups in total. The Hall–Kier alpha value is 0.920. The molecule has 3 heteroatoms. The number of rotatable bonds is 0. The van der Waals surface area contributed by atoms with E-state index in [1.165, 1.54) is 44.9 Å². The average Bonchev–Trinajstić information content (AvgIpc) is 2.74. The molecule has 0 aromatic carbocycles. The minimum atomic E-state index is 0.280. The topological polar surface area (TPSA) is 12.5 Å². The van der Waals surface area contributed by atoms with E-state index in [1.54, 1.807) is 0 Å². The van der Waals surface area contributed by atoms with Crippen LogP contribution in [0.5, 0.6) is 0 Å². The van der Waals surface area contributed by atoms with Gasteiger partial charge in [0.05, 0.1) is 11.2 Å². The maximum atomic E-state index is 6.17. The number of ether oxygens (including phenoxy) is 1. The highest BCUT2D eigenvalue weighted by atomic mass is 79.9. The normalized spacial score (nSPS) is 57.0. The summed E-state index contributed by atoms with van der Waals surface area (Å²) in [7, 11) is 0. The number of halogens is 2. The highest BCUT2D eigenvalue weighted by Gasteiger charge is 2.71. The van der Waals surface area contributed by atoms with E-state index in [0.29, 0.717) is 9.65 Å². The third-order valence-electron chi connectivity index (χ3n) is 4.28. The zero-order valence-electron chi connectivity index (χ0n) is 8.27. The minimum Gasteiger partial charge on any atom is -0.362 e. The smallest absolute Gasteiger partial charge is 0.0991 e. The van der Waals surface area contributed by atoms with Crippen molar-refractivity contribution in [2.75, 3.05) is 0 Å². The van der Waals surface area contributed by atoms with Gasteiger partial charge < -0.3 is 4.74 Å². The van der Waals surface area contributed by atoms with E-state index in [4.69, 9.17) is 4.74 Å². The van der Waals surface area contributed by atoms with E-state index in [2.05, 4.69) is 31.9 Å². The Labute approximate surface area is 102 Å². The molecule has 80 valence electrons. The Morgan fingerprint density at radius 1 is 0.857 bits per heavy atom. The van der Waals surface area contributed by atoms with Crippen molar-refractivity contribution in [3.8, 4) is 0 Å². The molecule has 0 radical (unpaired) electrons. The van der Waals surface area contributed by atoms with Gasteiger partial charge in [-0.25, -0.2) is 0 Å². The fraction of sp³-hybridized carbons (Fsp3) is 1.00. The second-order valence-corrected chi connectivity index (χ2v) is 7.44. The summed E-state index contributed by atoms with van der Waals surface area (Å²) in [5.74, 6) is 0. The lowest BCUT2D eigenvalue weighted by molar-refractivity contribution is 0.234. The van der Waals surface area contributed by atoms with Crippen LogP contribution in [-0.2, 0) is 4.74 Å². The monoisotopic (exact) mass is 322 g/mol. The molecule has 3 rings (SSSR count). The van der Waals surface area contributed by atoms with Crippen molar-refractivity contribution in [1.29, 1.82) is 0 Å². The SMILES string of the molecule is BrC1CC23CCCCCC2(CC1Br)O3. The fourth-order valence-corrected chi connectivity index (χ4v) is 4.87. The summed E-state index contributed by atoms with van der Waals surface area (Å²) in [6, 6.07) is 0. The lowest BCUT2D eigenvalue weighted by Gasteiger charge is -2.30. The van der Waals surface area contributed by atoms with Gasteiger partial charge in [-0.1, -0.05) is 51.1 Å². The van der Waals surface area contributed by atoms with Crippen LogP contribution in [0.1, 0.15) is 44.9 Å². The predicted molar refractivity (Wildman–Crippen MR) is 64.3 cm³/mol. The third kappa shape index (κ3) is 1.28. The predicted octanol–water partition coefficient (Wildman–Crippen LogP) is 3.78. The van der Waals surface area contributed by atoms with Gasteiger partial charge in [0.15, 0.2) is 0 Å². The minimum absolute atomic E-state index is 0.280. The molecule has 4 unspecified atom stereocenters. The lowest BCUT2D eigenvalue weighted by Crippen LogP contribution is -2.39. The molecule has 0 spiro atoms. The van der Waals surface area contributed by atoms with Crippen molar-refractivity contribution in [1.82, 2.24) is 0 Å². The molecule has 0 bridgehead atoms. The van der Waals surface area contributed by atoms with Crippen molar-refractivity contribution in [2.45, 2.75) is 65.8 Å². The summed E-state index contributed by atoms with van der Waals surface area (Å²) < 4.78 is 6.17. The Morgan fingerprint density at radius 2 is 1.36 bits per heavy atom. The van der Waals surface area contributed by atoms with Crippen molar-refractivity contribution >= 4 is 31.9 Å². The standard InChI is InChI=1S/C11H16Br2O/c12-8-6-10-4-2-1-3-5-11(10,14-10)7-9(8)13/h8-9H,1-7H2. The second kappa shape index (κ2) is 3.21. The zero-order chi connectivity index (χ0) is 9.81. The van der Waals surface area contributed by atoms with E-state index >= 15 is 0 Å². The van der Waals surface area contributed by atoms with E-state index in [0.717, 1.165) is 0 Å². The van der Waals surface area contributed by atoms with Gasteiger partial charge in [-0.2, -0.15) is 0 Å². The van der Waals surface area contributed by atoms with Gasteiger partial charge in [-0.3, -0.25) is 0 Å². The van der Waals surface area contributed by atoms with Gasteiger partial charge in [-0.05, 0) is 25.7 Å². The summed E-state index contributed by atoms with van der Waals surface area (Å²) in [5.41, 5.74) is 0.559. The molecule has 1 nitrogen and oxygen atoms in total. The van der Waals surface area contributed by atoms with Gasteiger partial charge in [0.25, 0.3) is 0 Å². The molecule has 0 aromatic heterocycles. The number of hydrogen-bond donors (Lipinski definition) is 0. The Morgan fingerprint density at radius 3 is 1.86 bits per heavy atom. The summed E-state index contributed by atoms with van der Waals surface area (Å²) in [5, 5.41) is 0. The van der Waals surface area contributed by atoms with Gasteiger partial charge in [-0.15, -0.1) is 0 Å². The molecule has 14 heavy (non-hydrogen) atoms.